The number of ether oxygens (including phenoxy) is 1. The fourth-order valence-corrected chi connectivity index (χ4v) is 1.50. The van der Waals surface area contributed by atoms with E-state index >= 15 is 0 Å². The SMILES string of the molecule is Cc1cccc(C(C)(C=O)NC(=O)OC(C)(C)C)n1. The maximum Gasteiger partial charge on any atom is 0.408 e. The maximum atomic E-state index is 11.8. The van der Waals surface area contributed by atoms with Gasteiger partial charge in [-0.2, -0.15) is 0 Å². The van der Waals surface area contributed by atoms with Gasteiger partial charge in [0.2, 0.25) is 0 Å². The summed E-state index contributed by atoms with van der Waals surface area (Å²) >= 11 is 0. The van der Waals surface area contributed by atoms with E-state index in [-0.39, 0.29) is 0 Å². The smallest absolute Gasteiger partial charge is 0.408 e. The fraction of sp³-hybridized carbons (Fsp3) is 0.500. The van der Waals surface area contributed by atoms with E-state index in [0.29, 0.717) is 12.0 Å². The lowest BCUT2D eigenvalue weighted by Gasteiger charge is -2.27. The fourth-order valence-electron chi connectivity index (χ4n) is 1.50. The van der Waals surface area contributed by atoms with Crippen LogP contribution in [0.5, 0.6) is 0 Å². The summed E-state index contributed by atoms with van der Waals surface area (Å²) in [5.74, 6) is 0. The largest absolute Gasteiger partial charge is 0.444 e. The molecule has 0 aliphatic carbocycles. The van der Waals surface area contributed by atoms with E-state index in [1.165, 1.54) is 0 Å². The molecule has 1 rings (SSSR count). The lowest BCUT2D eigenvalue weighted by Crippen LogP contribution is -2.47. The Morgan fingerprint density at radius 1 is 1.32 bits per heavy atom. The Balaban J connectivity index is 2.93. The molecule has 1 aromatic heterocycles. The van der Waals surface area contributed by atoms with Crippen LogP contribution in [0.1, 0.15) is 39.1 Å². The third kappa shape index (κ3) is 4.35. The van der Waals surface area contributed by atoms with Crippen LogP contribution < -0.4 is 5.32 Å². The normalized spacial score (nSPS) is 14.4. The second kappa shape index (κ2) is 5.38. The van der Waals surface area contributed by atoms with Crippen LogP contribution in [-0.4, -0.2) is 23.0 Å². The summed E-state index contributed by atoms with van der Waals surface area (Å²) in [5.41, 5.74) is -0.563. The molecule has 0 radical (unpaired) electrons. The second-order valence-corrected chi connectivity index (χ2v) is 5.61. The molecule has 0 aliphatic rings. The van der Waals surface area contributed by atoms with Gasteiger partial charge in [-0.15, -0.1) is 0 Å². The molecule has 0 fully saturated rings. The molecule has 1 amide bonds. The van der Waals surface area contributed by atoms with Crippen molar-refractivity contribution in [2.24, 2.45) is 0 Å². The third-order valence-corrected chi connectivity index (χ3v) is 2.42. The van der Waals surface area contributed by atoms with Crippen LogP contribution in [0, 0.1) is 6.92 Å². The van der Waals surface area contributed by atoms with Gasteiger partial charge in [0, 0.05) is 5.69 Å². The van der Waals surface area contributed by atoms with Crippen molar-refractivity contribution >= 4 is 12.4 Å². The first kappa shape index (κ1) is 15.1. The van der Waals surface area contributed by atoms with Gasteiger partial charge in [-0.3, -0.25) is 4.98 Å². The van der Waals surface area contributed by atoms with Crippen LogP contribution in [0.4, 0.5) is 4.79 Å². The molecule has 0 saturated carbocycles. The molecule has 0 aromatic carbocycles. The molecular formula is C14H20N2O3. The minimum Gasteiger partial charge on any atom is -0.444 e. The van der Waals surface area contributed by atoms with Gasteiger partial charge >= 0.3 is 6.09 Å². The molecule has 5 heteroatoms. The summed E-state index contributed by atoms with van der Waals surface area (Å²) < 4.78 is 5.15. The highest BCUT2D eigenvalue weighted by Gasteiger charge is 2.31. The summed E-state index contributed by atoms with van der Waals surface area (Å²) in [6.45, 7) is 8.69. The number of carbonyl (C=O) groups is 2. The highest BCUT2D eigenvalue weighted by atomic mass is 16.6. The topological polar surface area (TPSA) is 68.3 Å². The highest BCUT2D eigenvalue weighted by molar-refractivity contribution is 5.77. The first-order valence-corrected chi connectivity index (χ1v) is 6.08. The molecule has 104 valence electrons. The molecule has 1 aromatic rings. The van der Waals surface area contributed by atoms with E-state index < -0.39 is 17.2 Å². The van der Waals surface area contributed by atoms with Gasteiger partial charge in [0.15, 0.2) is 6.29 Å². The summed E-state index contributed by atoms with van der Waals surface area (Å²) in [6.07, 6.45) is 0.00371. The Morgan fingerprint density at radius 2 is 1.95 bits per heavy atom. The average Bonchev–Trinajstić information content (AvgIpc) is 2.26. The van der Waals surface area contributed by atoms with Crippen LogP contribution in [0.15, 0.2) is 18.2 Å². The van der Waals surface area contributed by atoms with E-state index in [2.05, 4.69) is 10.3 Å². The van der Waals surface area contributed by atoms with Gasteiger partial charge in [0.25, 0.3) is 0 Å². The Kier molecular flexibility index (Phi) is 4.29. The molecule has 0 aliphatic heterocycles. The standard InChI is InChI=1S/C14H20N2O3/c1-10-7-6-8-11(15-10)14(5,9-17)16-12(18)19-13(2,3)4/h6-9H,1-5H3,(H,16,18). The number of aryl methyl sites for hydroxylation is 1. The Morgan fingerprint density at radius 3 is 2.42 bits per heavy atom. The van der Waals surface area contributed by atoms with Gasteiger partial charge in [0.1, 0.15) is 11.1 Å². The van der Waals surface area contributed by atoms with Crippen LogP contribution in [0.2, 0.25) is 0 Å². The van der Waals surface area contributed by atoms with Crippen LogP contribution >= 0.6 is 0 Å². The van der Waals surface area contributed by atoms with Gasteiger partial charge < -0.3 is 14.8 Å². The number of pyridine rings is 1. The zero-order chi connectivity index (χ0) is 14.7. The first-order chi connectivity index (χ1) is 8.66. The van der Waals surface area contributed by atoms with Crippen molar-refractivity contribution < 1.29 is 14.3 Å². The lowest BCUT2D eigenvalue weighted by molar-refractivity contribution is -0.113. The summed E-state index contributed by atoms with van der Waals surface area (Å²) in [5, 5.41) is 2.55. The number of amides is 1. The number of rotatable bonds is 3. The summed E-state index contributed by atoms with van der Waals surface area (Å²) in [4.78, 5) is 27.4. The van der Waals surface area contributed by atoms with Crippen molar-refractivity contribution in [3.8, 4) is 0 Å². The maximum absolute atomic E-state index is 11.8. The number of alkyl carbamates (subject to hydrolysis) is 1. The van der Waals surface area contributed by atoms with E-state index in [0.717, 1.165) is 5.69 Å². The van der Waals surface area contributed by atoms with E-state index in [4.69, 9.17) is 4.74 Å². The van der Waals surface area contributed by atoms with Gasteiger partial charge in [-0.1, -0.05) is 6.07 Å². The molecule has 1 atom stereocenters. The molecular weight excluding hydrogens is 244 g/mol. The predicted molar refractivity (Wildman–Crippen MR) is 71.8 cm³/mol. The molecule has 1 N–H and O–H groups in total. The van der Waals surface area contributed by atoms with Crippen molar-refractivity contribution in [2.75, 3.05) is 0 Å². The van der Waals surface area contributed by atoms with Crippen molar-refractivity contribution in [3.63, 3.8) is 0 Å². The van der Waals surface area contributed by atoms with Crippen LogP contribution in [-0.2, 0) is 15.1 Å². The predicted octanol–water partition coefficient (Wildman–Crippen LogP) is 2.33. The van der Waals surface area contributed by atoms with Crippen molar-refractivity contribution in [1.82, 2.24) is 10.3 Å². The zero-order valence-corrected chi connectivity index (χ0v) is 12.0. The average molecular weight is 264 g/mol. The van der Waals surface area contributed by atoms with Gasteiger partial charge in [0.05, 0.1) is 5.69 Å². The summed E-state index contributed by atoms with van der Waals surface area (Å²) in [7, 11) is 0. The minimum absolute atomic E-state index is 0.480. The number of hydrogen-bond donors (Lipinski definition) is 1. The van der Waals surface area contributed by atoms with E-state index in [1.54, 1.807) is 39.8 Å². The van der Waals surface area contributed by atoms with Crippen molar-refractivity contribution in [1.29, 1.82) is 0 Å². The molecule has 1 heterocycles. The monoisotopic (exact) mass is 264 g/mol. The summed E-state index contributed by atoms with van der Waals surface area (Å²) in [6, 6.07) is 5.30. The second-order valence-electron chi connectivity index (χ2n) is 5.61. The molecule has 5 nitrogen and oxygen atoms in total. The van der Waals surface area contributed by atoms with Crippen LogP contribution in [0.3, 0.4) is 0 Å². The van der Waals surface area contributed by atoms with Gasteiger partial charge in [-0.05, 0) is 46.8 Å². The van der Waals surface area contributed by atoms with Gasteiger partial charge in [-0.25, -0.2) is 4.79 Å². The lowest BCUT2D eigenvalue weighted by atomic mass is 9.99. The van der Waals surface area contributed by atoms with E-state index in [9.17, 15) is 9.59 Å². The first-order valence-electron chi connectivity index (χ1n) is 6.08. The number of nitrogens with one attached hydrogen (secondary N) is 1. The molecule has 0 spiro atoms. The number of aldehydes is 1. The number of aromatic nitrogens is 1. The zero-order valence-electron chi connectivity index (χ0n) is 12.0. The Labute approximate surface area is 113 Å². The Bertz CT molecular complexity index is 480. The molecule has 1 unspecified atom stereocenters. The number of carbonyl (C=O) groups excluding carboxylic acids is 2. The quantitative estimate of drug-likeness (QED) is 0.851. The van der Waals surface area contributed by atoms with Crippen molar-refractivity contribution in [2.45, 2.75) is 45.8 Å². The van der Waals surface area contributed by atoms with Crippen LogP contribution in [0.25, 0.3) is 0 Å². The highest BCUT2D eigenvalue weighted by Crippen LogP contribution is 2.17. The Hall–Kier alpha value is -1.91. The minimum atomic E-state index is -1.20. The molecule has 0 saturated heterocycles. The van der Waals surface area contributed by atoms with Crippen molar-refractivity contribution in [3.05, 3.63) is 29.6 Å². The number of hydrogen-bond acceptors (Lipinski definition) is 4. The third-order valence-electron chi connectivity index (χ3n) is 2.42. The number of nitrogens with zero attached hydrogens (tertiary/aromatic N) is 1. The van der Waals surface area contributed by atoms with E-state index in [1.807, 2.05) is 13.0 Å². The molecule has 19 heavy (non-hydrogen) atoms. The molecule has 0 bridgehead atoms.